The lowest BCUT2D eigenvalue weighted by atomic mass is 10.3. The van der Waals surface area contributed by atoms with E-state index in [1.54, 1.807) is 5.38 Å². The van der Waals surface area contributed by atoms with Crippen molar-refractivity contribution < 1.29 is 23.1 Å². The van der Waals surface area contributed by atoms with Crippen LogP contribution in [0.5, 0.6) is 0 Å². The van der Waals surface area contributed by atoms with Gasteiger partial charge in [-0.1, -0.05) is 0 Å². The molecule has 0 saturated heterocycles. The number of thiazole rings is 1. The number of imidazole rings is 1. The van der Waals surface area contributed by atoms with Crippen molar-refractivity contribution in [3.63, 3.8) is 0 Å². The van der Waals surface area contributed by atoms with E-state index in [2.05, 4.69) is 4.98 Å². The van der Waals surface area contributed by atoms with E-state index in [9.17, 15) is 18.0 Å². The Hall–Kier alpha value is -1.57. The van der Waals surface area contributed by atoms with Crippen LogP contribution in [0, 0.1) is 6.92 Å². The minimum Gasteiger partial charge on any atom is -0.476 e. The smallest absolute Gasteiger partial charge is 0.435 e. The van der Waals surface area contributed by atoms with Gasteiger partial charge >= 0.3 is 12.1 Å². The summed E-state index contributed by atoms with van der Waals surface area (Å²) in [6, 6.07) is 0. The van der Waals surface area contributed by atoms with Crippen LogP contribution in [0.2, 0.25) is 0 Å². The standard InChI is InChI=1S/C8H5F3N2O2S/c1-3-2-16-7-12-5(8(9,10)11)4(6(14)15)13(3)7/h2H,1H3,(H,14,15). The fourth-order valence-corrected chi connectivity index (χ4v) is 2.26. The van der Waals surface area contributed by atoms with Gasteiger partial charge in [0.05, 0.1) is 0 Å². The van der Waals surface area contributed by atoms with Crippen LogP contribution in [0.15, 0.2) is 5.38 Å². The Kier molecular flexibility index (Phi) is 2.19. The minimum absolute atomic E-state index is 0.0298. The number of carboxylic acids is 1. The number of rotatable bonds is 1. The maximum Gasteiger partial charge on any atom is 0.435 e. The molecule has 0 bridgehead atoms. The Morgan fingerprint density at radius 1 is 1.56 bits per heavy atom. The number of hydrogen-bond donors (Lipinski definition) is 1. The van der Waals surface area contributed by atoms with Crippen molar-refractivity contribution in [2.75, 3.05) is 0 Å². The number of fused-ring (bicyclic) bond motifs is 1. The third-order valence-electron chi connectivity index (χ3n) is 2.01. The molecular weight excluding hydrogens is 245 g/mol. The monoisotopic (exact) mass is 250 g/mol. The number of alkyl halides is 3. The predicted octanol–water partition coefficient (Wildman–Crippen LogP) is 2.42. The second kappa shape index (κ2) is 3.21. The highest BCUT2D eigenvalue weighted by Crippen LogP contribution is 2.33. The van der Waals surface area contributed by atoms with Crippen LogP contribution in [-0.4, -0.2) is 20.5 Å². The summed E-state index contributed by atoms with van der Waals surface area (Å²) in [5, 5.41) is 10.4. The van der Waals surface area contributed by atoms with E-state index in [4.69, 9.17) is 5.11 Å². The fourth-order valence-electron chi connectivity index (χ4n) is 1.39. The second-order valence-corrected chi connectivity index (χ2v) is 3.94. The first-order valence-electron chi connectivity index (χ1n) is 4.09. The largest absolute Gasteiger partial charge is 0.476 e. The number of carbonyl (C=O) groups is 1. The molecule has 0 amide bonds. The van der Waals surface area contributed by atoms with Crippen LogP contribution >= 0.6 is 11.3 Å². The molecule has 2 aromatic heterocycles. The first-order valence-corrected chi connectivity index (χ1v) is 4.97. The molecule has 4 nitrogen and oxygen atoms in total. The van der Waals surface area contributed by atoms with Crippen LogP contribution in [0.25, 0.3) is 4.96 Å². The van der Waals surface area contributed by atoms with E-state index >= 15 is 0 Å². The number of halogens is 3. The molecule has 0 unspecified atom stereocenters. The molecule has 16 heavy (non-hydrogen) atoms. The third-order valence-corrected chi connectivity index (χ3v) is 2.95. The van der Waals surface area contributed by atoms with Gasteiger partial charge in [-0.3, -0.25) is 4.40 Å². The quantitative estimate of drug-likeness (QED) is 0.845. The lowest BCUT2D eigenvalue weighted by Crippen LogP contribution is -2.14. The average molecular weight is 250 g/mol. The molecule has 1 N–H and O–H groups in total. The van der Waals surface area contributed by atoms with Crippen molar-refractivity contribution >= 4 is 22.3 Å². The number of aryl methyl sites for hydroxylation is 1. The molecule has 2 heterocycles. The molecule has 0 fully saturated rings. The first-order chi connectivity index (χ1) is 7.32. The fraction of sp³-hybridized carbons (Fsp3) is 0.250. The second-order valence-electron chi connectivity index (χ2n) is 3.11. The number of nitrogens with zero attached hydrogens (tertiary/aromatic N) is 2. The van der Waals surface area contributed by atoms with E-state index in [1.807, 2.05) is 0 Å². The summed E-state index contributed by atoms with van der Waals surface area (Å²) >= 11 is 0.971. The van der Waals surface area contributed by atoms with Gasteiger partial charge in [0.2, 0.25) is 0 Å². The van der Waals surface area contributed by atoms with Gasteiger partial charge in [-0.2, -0.15) is 13.2 Å². The normalized spacial score (nSPS) is 12.2. The van der Waals surface area contributed by atoms with Crippen LogP contribution in [-0.2, 0) is 6.18 Å². The molecule has 2 rings (SSSR count). The molecule has 2 aromatic rings. The number of hydrogen-bond acceptors (Lipinski definition) is 3. The average Bonchev–Trinajstić information content (AvgIpc) is 2.64. The topological polar surface area (TPSA) is 54.6 Å². The summed E-state index contributed by atoms with van der Waals surface area (Å²) in [5.74, 6) is -1.64. The lowest BCUT2D eigenvalue weighted by molar-refractivity contribution is -0.141. The first kappa shape index (κ1) is 10.9. The molecule has 0 aliphatic heterocycles. The van der Waals surface area contributed by atoms with Gasteiger partial charge in [0.25, 0.3) is 0 Å². The van der Waals surface area contributed by atoms with Gasteiger partial charge in [-0.25, -0.2) is 9.78 Å². The zero-order chi connectivity index (χ0) is 12.1. The van der Waals surface area contributed by atoms with Crippen molar-refractivity contribution in [3.8, 4) is 0 Å². The van der Waals surface area contributed by atoms with Crippen molar-refractivity contribution in [1.29, 1.82) is 0 Å². The molecule has 8 heteroatoms. The van der Waals surface area contributed by atoms with Crippen molar-refractivity contribution in [1.82, 2.24) is 9.38 Å². The van der Waals surface area contributed by atoms with E-state index < -0.39 is 23.5 Å². The Labute approximate surface area is 91.0 Å². The van der Waals surface area contributed by atoms with Gasteiger partial charge in [-0.05, 0) is 6.92 Å². The summed E-state index contributed by atoms with van der Waals surface area (Å²) in [6.45, 7) is 1.53. The highest BCUT2D eigenvalue weighted by molar-refractivity contribution is 7.15. The van der Waals surface area contributed by atoms with Gasteiger partial charge in [-0.15, -0.1) is 11.3 Å². The third kappa shape index (κ3) is 1.45. The van der Waals surface area contributed by atoms with Gasteiger partial charge in [0.15, 0.2) is 16.3 Å². The van der Waals surface area contributed by atoms with E-state index in [-0.39, 0.29) is 4.96 Å². The zero-order valence-corrected chi connectivity index (χ0v) is 8.69. The SMILES string of the molecule is Cc1csc2nc(C(F)(F)F)c(C(=O)O)n12. The molecule has 86 valence electrons. The van der Waals surface area contributed by atoms with Crippen molar-refractivity contribution in [2.24, 2.45) is 0 Å². The summed E-state index contributed by atoms with van der Waals surface area (Å²) in [5.41, 5.74) is -1.77. The highest BCUT2D eigenvalue weighted by Gasteiger charge is 2.40. The van der Waals surface area contributed by atoms with Crippen LogP contribution < -0.4 is 0 Å². The lowest BCUT2D eigenvalue weighted by Gasteiger charge is -2.03. The van der Waals surface area contributed by atoms with Gasteiger partial charge < -0.3 is 5.11 Å². The highest BCUT2D eigenvalue weighted by atomic mass is 32.1. The summed E-state index contributed by atoms with van der Waals surface area (Å²) in [4.78, 5) is 14.2. The number of carboxylic acid groups (broad SMARTS) is 1. The van der Waals surface area contributed by atoms with Crippen LogP contribution in [0.3, 0.4) is 0 Å². The van der Waals surface area contributed by atoms with Crippen LogP contribution in [0.1, 0.15) is 21.9 Å². The predicted molar refractivity (Wildman–Crippen MR) is 49.8 cm³/mol. The maximum absolute atomic E-state index is 12.5. The van der Waals surface area contributed by atoms with Crippen molar-refractivity contribution in [2.45, 2.75) is 13.1 Å². The van der Waals surface area contributed by atoms with Gasteiger partial charge in [0.1, 0.15) is 0 Å². The molecule has 0 spiro atoms. The summed E-state index contributed by atoms with van der Waals surface area (Å²) < 4.78 is 38.6. The summed E-state index contributed by atoms with van der Waals surface area (Å²) in [7, 11) is 0. The Morgan fingerprint density at radius 3 is 2.69 bits per heavy atom. The number of aromatic nitrogens is 2. The van der Waals surface area contributed by atoms with E-state index in [0.29, 0.717) is 5.69 Å². The van der Waals surface area contributed by atoms with Gasteiger partial charge in [0, 0.05) is 11.1 Å². The van der Waals surface area contributed by atoms with E-state index in [0.717, 1.165) is 15.7 Å². The van der Waals surface area contributed by atoms with Crippen molar-refractivity contribution in [3.05, 3.63) is 22.5 Å². The molecular formula is C8H5F3N2O2S. The molecule has 0 saturated carbocycles. The zero-order valence-electron chi connectivity index (χ0n) is 7.87. The number of aromatic carboxylic acids is 1. The molecule has 0 aromatic carbocycles. The molecule has 0 atom stereocenters. The maximum atomic E-state index is 12.5. The van der Waals surface area contributed by atoms with Crippen LogP contribution in [0.4, 0.5) is 13.2 Å². The molecule has 0 aliphatic carbocycles. The Bertz CT molecular complexity index is 570. The summed E-state index contributed by atoms with van der Waals surface area (Å²) in [6.07, 6.45) is -4.76. The molecule has 0 aliphatic rings. The minimum atomic E-state index is -4.76. The Balaban J connectivity index is 2.85. The Morgan fingerprint density at radius 2 is 2.19 bits per heavy atom. The van der Waals surface area contributed by atoms with E-state index in [1.165, 1.54) is 6.92 Å². The molecule has 0 radical (unpaired) electrons.